The molecule has 0 unspecified atom stereocenters. The third kappa shape index (κ3) is 2.73. The Balaban J connectivity index is 2.40. The summed E-state index contributed by atoms with van der Waals surface area (Å²) in [6, 6.07) is 5.34. The molecule has 2 aromatic rings. The van der Waals surface area contributed by atoms with Crippen molar-refractivity contribution in [3.05, 3.63) is 44.8 Å². The average molecular weight is 350 g/mol. The van der Waals surface area contributed by atoms with Crippen molar-refractivity contribution < 1.29 is 12.8 Å². The van der Waals surface area contributed by atoms with E-state index in [9.17, 15) is 12.8 Å². The SMILES string of the molecule is Nc1ccc(S(=O)(=O)Cc2sccc2Br)c(F)c1. The fraction of sp³-hybridized carbons (Fsp3) is 0.0909. The van der Waals surface area contributed by atoms with Crippen LogP contribution in [0.4, 0.5) is 10.1 Å². The summed E-state index contributed by atoms with van der Waals surface area (Å²) in [6.45, 7) is 0. The molecule has 0 aliphatic carbocycles. The molecule has 1 aromatic heterocycles. The Labute approximate surface area is 116 Å². The van der Waals surface area contributed by atoms with Crippen LogP contribution in [0.25, 0.3) is 0 Å². The van der Waals surface area contributed by atoms with Gasteiger partial charge in [-0.2, -0.15) is 0 Å². The van der Waals surface area contributed by atoms with Gasteiger partial charge in [0.15, 0.2) is 9.84 Å². The van der Waals surface area contributed by atoms with Crippen molar-refractivity contribution in [2.75, 3.05) is 5.73 Å². The van der Waals surface area contributed by atoms with E-state index in [4.69, 9.17) is 5.73 Å². The average Bonchev–Trinajstić information content (AvgIpc) is 2.63. The molecule has 0 saturated heterocycles. The Bertz CT molecular complexity index is 682. The van der Waals surface area contributed by atoms with E-state index in [1.807, 2.05) is 0 Å². The summed E-state index contributed by atoms with van der Waals surface area (Å²) in [4.78, 5) is 0.322. The van der Waals surface area contributed by atoms with E-state index in [2.05, 4.69) is 15.9 Å². The zero-order chi connectivity index (χ0) is 13.3. The maximum atomic E-state index is 13.6. The predicted octanol–water partition coefficient (Wildman–Crippen LogP) is 3.21. The molecule has 2 rings (SSSR count). The van der Waals surface area contributed by atoms with Gasteiger partial charge in [-0.15, -0.1) is 11.3 Å². The number of benzene rings is 1. The first-order valence-corrected chi connectivity index (χ1v) is 8.22. The van der Waals surface area contributed by atoms with Crippen molar-refractivity contribution in [3.63, 3.8) is 0 Å². The lowest BCUT2D eigenvalue weighted by molar-refractivity contribution is 0.567. The number of nitrogens with two attached hydrogens (primary N) is 1. The lowest BCUT2D eigenvalue weighted by atomic mass is 10.3. The number of hydrogen-bond donors (Lipinski definition) is 1. The molecule has 0 bridgehead atoms. The summed E-state index contributed by atoms with van der Waals surface area (Å²) >= 11 is 4.56. The molecule has 96 valence electrons. The monoisotopic (exact) mass is 349 g/mol. The first-order chi connectivity index (χ1) is 8.40. The minimum atomic E-state index is -3.70. The molecule has 0 aliphatic heterocycles. The fourth-order valence-electron chi connectivity index (χ4n) is 1.45. The highest BCUT2D eigenvalue weighted by Crippen LogP contribution is 2.28. The Kier molecular flexibility index (Phi) is 3.74. The Hall–Kier alpha value is -0.920. The van der Waals surface area contributed by atoms with Crippen molar-refractivity contribution >= 4 is 42.8 Å². The molecule has 0 saturated carbocycles. The Morgan fingerprint density at radius 3 is 2.61 bits per heavy atom. The van der Waals surface area contributed by atoms with Crippen LogP contribution in [0.2, 0.25) is 0 Å². The predicted molar refractivity (Wildman–Crippen MR) is 73.7 cm³/mol. The molecule has 0 radical (unpaired) electrons. The van der Waals surface area contributed by atoms with Crippen LogP contribution in [0.3, 0.4) is 0 Å². The second-order valence-corrected chi connectivity index (χ2v) is 7.45. The molecule has 3 nitrogen and oxygen atoms in total. The standard InChI is InChI=1S/C11H9BrFNO2S2/c12-8-3-4-17-10(8)6-18(15,16)11-2-1-7(14)5-9(11)13/h1-5H,6,14H2. The van der Waals surface area contributed by atoms with Crippen LogP contribution in [0, 0.1) is 5.82 Å². The molecule has 0 atom stereocenters. The molecule has 0 fully saturated rings. The van der Waals surface area contributed by atoms with Gasteiger partial charge in [-0.1, -0.05) is 0 Å². The lowest BCUT2D eigenvalue weighted by Crippen LogP contribution is -2.07. The molecule has 18 heavy (non-hydrogen) atoms. The number of halogens is 2. The number of nitrogen functional groups attached to an aromatic ring is 1. The second-order valence-electron chi connectivity index (χ2n) is 3.64. The molecular formula is C11H9BrFNO2S2. The largest absolute Gasteiger partial charge is 0.399 e. The third-order valence-electron chi connectivity index (χ3n) is 2.30. The van der Waals surface area contributed by atoms with Gasteiger partial charge in [0.25, 0.3) is 0 Å². The van der Waals surface area contributed by atoms with E-state index in [1.165, 1.54) is 23.5 Å². The maximum absolute atomic E-state index is 13.6. The number of anilines is 1. The van der Waals surface area contributed by atoms with E-state index in [-0.39, 0.29) is 16.3 Å². The molecule has 1 heterocycles. The van der Waals surface area contributed by atoms with Gasteiger partial charge in [0, 0.05) is 15.0 Å². The highest BCUT2D eigenvalue weighted by atomic mass is 79.9. The highest BCUT2D eigenvalue weighted by molar-refractivity contribution is 9.10. The van der Waals surface area contributed by atoms with Gasteiger partial charge < -0.3 is 5.73 Å². The third-order valence-corrected chi connectivity index (χ3v) is 6.08. The quantitative estimate of drug-likeness (QED) is 0.865. The highest BCUT2D eigenvalue weighted by Gasteiger charge is 2.21. The van der Waals surface area contributed by atoms with Gasteiger partial charge in [-0.25, -0.2) is 12.8 Å². The van der Waals surface area contributed by atoms with Crippen molar-refractivity contribution in [3.8, 4) is 0 Å². The minimum Gasteiger partial charge on any atom is -0.399 e. The maximum Gasteiger partial charge on any atom is 0.186 e. The fourth-order valence-corrected chi connectivity index (χ4v) is 4.94. The van der Waals surface area contributed by atoms with E-state index in [0.717, 1.165) is 6.07 Å². The first-order valence-electron chi connectivity index (χ1n) is 4.90. The second kappa shape index (κ2) is 4.99. The van der Waals surface area contributed by atoms with Crippen LogP contribution in [0.5, 0.6) is 0 Å². The van der Waals surface area contributed by atoms with Gasteiger partial charge in [-0.05, 0) is 45.6 Å². The summed E-state index contributed by atoms with van der Waals surface area (Å²) in [6.07, 6.45) is 0. The molecule has 0 aliphatic rings. The summed E-state index contributed by atoms with van der Waals surface area (Å²) in [7, 11) is -3.70. The van der Waals surface area contributed by atoms with E-state index >= 15 is 0 Å². The molecule has 2 N–H and O–H groups in total. The number of thiophene rings is 1. The molecular weight excluding hydrogens is 341 g/mol. The lowest BCUT2D eigenvalue weighted by Gasteiger charge is -2.05. The van der Waals surface area contributed by atoms with Crippen LogP contribution in [0.1, 0.15) is 4.88 Å². The summed E-state index contributed by atoms with van der Waals surface area (Å²) in [5.74, 6) is -1.05. The number of hydrogen-bond acceptors (Lipinski definition) is 4. The normalized spacial score (nSPS) is 11.7. The van der Waals surface area contributed by atoms with Gasteiger partial charge >= 0.3 is 0 Å². The van der Waals surface area contributed by atoms with Crippen LogP contribution < -0.4 is 5.73 Å². The molecule has 7 heteroatoms. The topological polar surface area (TPSA) is 60.2 Å². The van der Waals surface area contributed by atoms with Gasteiger partial charge in [0.2, 0.25) is 0 Å². The minimum absolute atomic E-state index is 0.198. The van der Waals surface area contributed by atoms with Crippen molar-refractivity contribution in [1.29, 1.82) is 0 Å². The van der Waals surface area contributed by atoms with Gasteiger partial charge in [0.1, 0.15) is 10.7 Å². The smallest absolute Gasteiger partial charge is 0.186 e. The molecule has 0 amide bonds. The van der Waals surface area contributed by atoms with Crippen LogP contribution in [-0.4, -0.2) is 8.42 Å². The summed E-state index contributed by atoms with van der Waals surface area (Å²) in [5.41, 5.74) is 5.59. The summed E-state index contributed by atoms with van der Waals surface area (Å²) in [5, 5.41) is 1.77. The van der Waals surface area contributed by atoms with Crippen molar-refractivity contribution in [2.45, 2.75) is 10.6 Å². The van der Waals surface area contributed by atoms with E-state index < -0.39 is 15.7 Å². The van der Waals surface area contributed by atoms with Crippen molar-refractivity contribution in [2.24, 2.45) is 0 Å². The zero-order valence-corrected chi connectivity index (χ0v) is 12.3. The van der Waals surface area contributed by atoms with E-state index in [0.29, 0.717) is 9.35 Å². The van der Waals surface area contributed by atoms with Gasteiger partial charge in [0.05, 0.1) is 5.75 Å². The number of sulfone groups is 1. The molecule has 0 spiro atoms. The van der Waals surface area contributed by atoms with Crippen molar-refractivity contribution in [1.82, 2.24) is 0 Å². The Morgan fingerprint density at radius 2 is 2.06 bits per heavy atom. The van der Waals surface area contributed by atoms with Crippen LogP contribution in [0.15, 0.2) is 39.0 Å². The zero-order valence-electron chi connectivity index (χ0n) is 9.06. The molecule has 1 aromatic carbocycles. The Morgan fingerprint density at radius 1 is 1.33 bits per heavy atom. The van der Waals surface area contributed by atoms with Crippen LogP contribution in [-0.2, 0) is 15.6 Å². The first kappa shape index (κ1) is 13.5. The summed E-state index contributed by atoms with van der Waals surface area (Å²) < 4.78 is 38.5. The van der Waals surface area contributed by atoms with Crippen LogP contribution >= 0.6 is 27.3 Å². The van der Waals surface area contributed by atoms with Gasteiger partial charge in [-0.3, -0.25) is 0 Å². The van der Waals surface area contributed by atoms with E-state index in [1.54, 1.807) is 11.4 Å². The number of rotatable bonds is 3.